The summed E-state index contributed by atoms with van der Waals surface area (Å²) in [7, 11) is 0. The van der Waals surface area contributed by atoms with Crippen LogP contribution in [0.15, 0.2) is 34.4 Å². The number of nitrogens with zero attached hydrogens (tertiary/aromatic N) is 3. The van der Waals surface area contributed by atoms with E-state index in [2.05, 4.69) is 4.98 Å². The van der Waals surface area contributed by atoms with E-state index in [9.17, 15) is 20.6 Å². The van der Waals surface area contributed by atoms with E-state index in [1.807, 2.05) is 0 Å². The van der Waals surface area contributed by atoms with Gasteiger partial charge in [-0.15, -0.1) is 0 Å². The highest BCUT2D eigenvalue weighted by atomic mass is 35.5. The number of hydrogen-bond acceptors (Lipinski definition) is 6. The van der Waals surface area contributed by atoms with Crippen LogP contribution in [-0.4, -0.2) is 4.98 Å². The molecule has 0 saturated heterocycles. The van der Waals surface area contributed by atoms with Gasteiger partial charge >= 0.3 is 0 Å². The van der Waals surface area contributed by atoms with E-state index in [0.29, 0.717) is 15.9 Å². The minimum atomic E-state index is -2.14. The zero-order valence-corrected chi connectivity index (χ0v) is 12.1. The summed E-state index contributed by atoms with van der Waals surface area (Å²) in [5, 5.41) is 29.0. The largest absolute Gasteiger partial charge is 0.439 e. The summed E-state index contributed by atoms with van der Waals surface area (Å²) in [5.41, 5.74) is 2.55. The van der Waals surface area contributed by atoms with Crippen LogP contribution in [0.2, 0.25) is 5.02 Å². The van der Waals surface area contributed by atoms with E-state index in [1.165, 1.54) is 6.07 Å². The summed E-state index contributed by atoms with van der Waals surface area (Å²) >= 11 is 5.96. The zero-order valence-electron chi connectivity index (χ0n) is 11.3. The van der Waals surface area contributed by atoms with Crippen molar-refractivity contribution in [3.8, 4) is 24.0 Å². The van der Waals surface area contributed by atoms with Crippen molar-refractivity contribution in [1.29, 1.82) is 15.8 Å². The van der Waals surface area contributed by atoms with Crippen LogP contribution in [0.5, 0.6) is 5.75 Å². The Morgan fingerprint density at radius 3 is 2.57 bits per heavy atom. The standard InChI is InChI=1S/C15H6ClN5O2/c16-7-1-2-10-8(3-7)12-11(14(22)21-10)15(5-18,6-19)9(4-17)13(20)23-12/h1-3H,20H2,(H,21,22). The Bertz CT molecular complexity index is 1060. The molecule has 1 aliphatic rings. The molecular formula is C15H6ClN5O2. The summed E-state index contributed by atoms with van der Waals surface area (Å²) in [6.07, 6.45) is 0. The van der Waals surface area contributed by atoms with Gasteiger partial charge in [0.25, 0.3) is 5.56 Å². The average molecular weight is 324 g/mol. The first-order valence-corrected chi connectivity index (χ1v) is 6.63. The number of aromatic amines is 1. The summed E-state index contributed by atoms with van der Waals surface area (Å²) in [4.78, 5) is 15.0. The van der Waals surface area contributed by atoms with Crippen LogP contribution >= 0.6 is 11.6 Å². The number of aromatic nitrogens is 1. The van der Waals surface area contributed by atoms with E-state index in [0.717, 1.165) is 0 Å². The smallest absolute Gasteiger partial charge is 0.258 e. The van der Waals surface area contributed by atoms with Gasteiger partial charge in [-0.2, -0.15) is 15.8 Å². The van der Waals surface area contributed by atoms with Gasteiger partial charge < -0.3 is 15.5 Å². The highest BCUT2D eigenvalue weighted by Crippen LogP contribution is 2.43. The van der Waals surface area contributed by atoms with Gasteiger partial charge in [-0.05, 0) is 18.2 Å². The van der Waals surface area contributed by atoms with Gasteiger partial charge in [-0.1, -0.05) is 11.6 Å². The number of hydrogen-bond donors (Lipinski definition) is 2. The monoisotopic (exact) mass is 323 g/mol. The van der Waals surface area contributed by atoms with Crippen LogP contribution < -0.4 is 16.0 Å². The summed E-state index contributed by atoms with van der Waals surface area (Å²) in [6, 6.07) is 9.75. The molecule has 0 bridgehead atoms. The van der Waals surface area contributed by atoms with E-state index < -0.39 is 22.4 Å². The molecule has 1 aliphatic heterocycles. The molecule has 8 heteroatoms. The van der Waals surface area contributed by atoms with Gasteiger partial charge in [0.05, 0.1) is 17.7 Å². The minimum absolute atomic E-state index is 0.0501. The first kappa shape index (κ1) is 14.5. The van der Waals surface area contributed by atoms with Crippen molar-refractivity contribution < 1.29 is 4.74 Å². The molecule has 3 N–H and O–H groups in total. The van der Waals surface area contributed by atoms with E-state index in [-0.39, 0.29) is 11.3 Å². The lowest BCUT2D eigenvalue weighted by atomic mass is 9.75. The van der Waals surface area contributed by atoms with E-state index >= 15 is 0 Å². The number of allylic oxidation sites excluding steroid dienone is 1. The van der Waals surface area contributed by atoms with Crippen molar-refractivity contribution in [3.63, 3.8) is 0 Å². The highest BCUT2D eigenvalue weighted by Gasteiger charge is 2.48. The van der Waals surface area contributed by atoms with Crippen LogP contribution in [-0.2, 0) is 5.41 Å². The number of rotatable bonds is 0. The first-order chi connectivity index (χ1) is 11.0. The minimum Gasteiger partial charge on any atom is -0.439 e. The molecule has 2 heterocycles. The third-order valence-electron chi connectivity index (χ3n) is 3.58. The first-order valence-electron chi connectivity index (χ1n) is 6.25. The third kappa shape index (κ3) is 1.77. The van der Waals surface area contributed by atoms with Crippen LogP contribution in [0.1, 0.15) is 5.56 Å². The van der Waals surface area contributed by atoms with Crippen molar-refractivity contribution in [2.75, 3.05) is 0 Å². The van der Waals surface area contributed by atoms with Crippen molar-refractivity contribution in [3.05, 3.63) is 50.6 Å². The summed E-state index contributed by atoms with van der Waals surface area (Å²) < 4.78 is 5.40. The molecule has 7 nitrogen and oxygen atoms in total. The molecule has 110 valence electrons. The Balaban J connectivity index is 2.57. The maximum absolute atomic E-state index is 12.4. The lowest BCUT2D eigenvalue weighted by molar-refractivity contribution is 0.389. The van der Waals surface area contributed by atoms with Crippen molar-refractivity contribution in [2.24, 2.45) is 5.73 Å². The molecule has 2 aromatic rings. The van der Waals surface area contributed by atoms with E-state index in [1.54, 1.807) is 30.3 Å². The molecule has 0 amide bonds. The second-order valence-corrected chi connectivity index (χ2v) is 5.21. The number of nitrogens with one attached hydrogen (secondary N) is 1. The Labute approximate surface area is 134 Å². The van der Waals surface area contributed by atoms with E-state index in [4.69, 9.17) is 22.1 Å². The third-order valence-corrected chi connectivity index (χ3v) is 3.82. The second kappa shape index (κ2) is 4.78. The number of benzene rings is 1. The summed E-state index contributed by atoms with van der Waals surface area (Å²) in [5.74, 6) is -0.444. The quantitative estimate of drug-likeness (QED) is 0.753. The van der Waals surface area contributed by atoms with Crippen molar-refractivity contribution >= 4 is 22.5 Å². The molecule has 1 aromatic carbocycles. The maximum atomic E-state index is 12.4. The average Bonchev–Trinajstić information content (AvgIpc) is 2.54. The molecule has 0 atom stereocenters. The SMILES string of the molecule is N#CC1=C(N)Oc2c(c(=O)[nH]c3ccc(Cl)cc23)C1(C#N)C#N. The van der Waals surface area contributed by atoms with Gasteiger partial charge in [-0.3, -0.25) is 4.79 Å². The predicted molar refractivity (Wildman–Crippen MR) is 79.9 cm³/mol. The molecule has 23 heavy (non-hydrogen) atoms. The number of nitrogens with two attached hydrogens (primary N) is 1. The Hall–Kier alpha value is -3.47. The molecular weight excluding hydrogens is 318 g/mol. The molecule has 0 saturated carbocycles. The van der Waals surface area contributed by atoms with Gasteiger partial charge in [0.2, 0.25) is 11.3 Å². The zero-order chi connectivity index (χ0) is 16.8. The van der Waals surface area contributed by atoms with Gasteiger partial charge in [0.1, 0.15) is 17.2 Å². The molecule has 0 unspecified atom stereocenters. The Morgan fingerprint density at radius 1 is 1.26 bits per heavy atom. The lowest BCUT2D eigenvalue weighted by Crippen LogP contribution is -2.38. The fourth-order valence-electron chi connectivity index (χ4n) is 2.54. The number of pyridine rings is 1. The highest BCUT2D eigenvalue weighted by molar-refractivity contribution is 6.31. The van der Waals surface area contributed by atoms with Gasteiger partial charge in [-0.25, -0.2) is 0 Å². The van der Waals surface area contributed by atoms with Gasteiger partial charge in [0, 0.05) is 10.4 Å². The molecule has 1 aromatic heterocycles. The van der Waals surface area contributed by atoms with Crippen LogP contribution in [0.25, 0.3) is 10.9 Å². The van der Waals surface area contributed by atoms with Crippen LogP contribution in [0, 0.1) is 34.0 Å². The predicted octanol–water partition coefficient (Wildman–Crippen LogP) is 1.55. The number of nitriles is 3. The van der Waals surface area contributed by atoms with Gasteiger partial charge in [0.15, 0.2) is 5.75 Å². The fourth-order valence-corrected chi connectivity index (χ4v) is 2.71. The van der Waals surface area contributed by atoms with Crippen LogP contribution in [0.3, 0.4) is 0 Å². The molecule has 3 rings (SSSR count). The molecule has 0 spiro atoms. The Morgan fingerprint density at radius 2 is 1.96 bits per heavy atom. The Kier molecular flexibility index (Phi) is 3.00. The normalized spacial score (nSPS) is 15.0. The number of fused-ring (bicyclic) bond motifs is 3. The van der Waals surface area contributed by atoms with Crippen molar-refractivity contribution in [1.82, 2.24) is 4.98 Å². The lowest BCUT2D eigenvalue weighted by Gasteiger charge is -2.27. The molecule has 0 fully saturated rings. The molecule has 0 aliphatic carbocycles. The second-order valence-electron chi connectivity index (χ2n) is 4.77. The van der Waals surface area contributed by atoms with Crippen LogP contribution in [0.4, 0.5) is 0 Å². The number of halogens is 1. The fraction of sp³-hybridized carbons (Fsp3) is 0.0667. The number of ether oxygens (including phenoxy) is 1. The molecule has 0 radical (unpaired) electrons. The number of H-pyrrole nitrogens is 1. The summed E-state index contributed by atoms with van der Waals surface area (Å²) in [6.45, 7) is 0. The van der Waals surface area contributed by atoms with Crippen molar-refractivity contribution in [2.45, 2.75) is 5.41 Å². The topological polar surface area (TPSA) is 139 Å². The maximum Gasteiger partial charge on any atom is 0.258 e.